The zero-order valence-corrected chi connectivity index (χ0v) is 15.4. The second kappa shape index (κ2) is 9.82. The van der Waals surface area contributed by atoms with Gasteiger partial charge in [0, 0.05) is 5.56 Å². The van der Waals surface area contributed by atoms with Crippen LogP contribution in [0, 0.1) is 11.3 Å². The average Bonchev–Trinajstić information content (AvgIpc) is 2.66. The molecule has 0 aromatic heterocycles. The topological polar surface area (TPSA) is 92.9 Å². The predicted octanol–water partition coefficient (Wildman–Crippen LogP) is 3.15. The van der Waals surface area contributed by atoms with Crippen LogP contribution in [0.15, 0.2) is 47.6 Å². The van der Waals surface area contributed by atoms with Gasteiger partial charge in [-0.3, -0.25) is 4.79 Å². The lowest BCUT2D eigenvalue weighted by Crippen LogP contribution is -2.17. The lowest BCUT2D eigenvalue weighted by molar-refractivity contribution is 0.0955. The minimum Gasteiger partial charge on any atom is -0.493 e. The van der Waals surface area contributed by atoms with Crippen molar-refractivity contribution in [3.63, 3.8) is 0 Å². The van der Waals surface area contributed by atoms with Crippen molar-refractivity contribution in [2.75, 3.05) is 13.7 Å². The second-order valence-electron chi connectivity index (χ2n) is 5.75. The number of nitriles is 1. The molecule has 7 nitrogen and oxygen atoms in total. The van der Waals surface area contributed by atoms with E-state index >= 15 is 0 Å². The fourth-order valence-electron chi connectivity index (χ4n) is 2.18. The third kappa shape index (κ3) is 6.04. The Hall–Kier alpha value is -3.53. The maximum absolute atomic E-state index is 12.1. The number of hydrogen-bond acceptors (Lipinski definition) is 6. The number of methoxy groups -OCH3 is 1. The number of nitrogens with one attached hydrogen (secondary N) is 1. The molecule has 1 N–H and O–H groups in total. The molecule has 0 fully saturated rings. The van der Waals surface area contributed by atoms with Gasteiger partial charge >= 0.3 is 0 Å². The van der Waals surface area contributed by atoms with Gasteiger partial charge in [0.05, 0.1) is 19.4 Å². The van der Waals surface area contributed by atoms with E-state index in [0.29, 0.717) is 28.4 Å². The maximum Gasteiger partial charge on any atom is 0.271 e. The number of rotatable bonds is 8. The van der Waals surface area contributed by atoms with Crippen LogP contribution in [0.2, 0.25) is 0 Å². The Morgan fingerprint density at radius 1 is 1.22 bits per heavy atom. The van der Waals surface area contributed by atoms with Crippen LogP contribution in [0.3, 0.4) is 0 Å². The van der Waals surface area contributed by atoms with E-state index in [1.165, 1.54) is 13.3 Å². The molecule has 0 bridgehead atoms. The number of ether oxygens (including phenoxy) is 3. The van der Waals surface area contributed by atoms with E-state index in [1.807, 2.05) is 19.9 Å². The van der Waals surface area contributed by atoms with Crippen LogP contribution in [-0.2, 0) is 0 Å². The molecule has 0 heterocycles. The van der Waals surface area contributed by atoms with Gasteiger partial charge < -0.3 is 14.2 Å². The molecule has 0 unspecified atom stereocenters. The van der Waals surface area contributed by atoms with Crippen LogP contribution < -0.4 is 19.6 Å². The van der Waals surface area contributed by atoms with Crippen LogP contribution in [0.25, 0.3) is 0 Å². The normalized spacial score (nSPS) is 10.5. The molecular weight excluding hydrogens is 346 g/mol. The standard InChI is InChI=1S/C20H21N3O4/c1-14(2)27-17-7-5-16(6-8-17)20(24)23-22-13-15-4-9-18(26-11-10-21)19(12-15)25-3/h4-9,12-14H,11H2,1-3H3,(H,23,24)/b22-13-. The third-order valence-electron chi connectivity index (χ3n) is 3.35. The van der Waals surface area contributed by atoms with Crippen molar-refractivity contribution < 1.29 is 19.0 Å². The summed E-state index contributed by atoms with van der Waals surface area (Å²) in [5.41, 5.74) is 3.65. The maximum atomic E-state index is 12.1. The molecule has 0 aliphatic rings. The van der Waals surface area contributed by atoms with Gasteiger partial charge in [-0.25, -0.2) is 5.43 Å². The molecule has 0 radical (unpaired) electrons. The SMILES string of the molecule is COc1cc(/C=N\NC(=O)c2ccc(OC(C)C)cc2)ccc1OCC#N. The van der Waals surface area contributed by atoms with Gasteiger partial charge in [0.2, 0.25) is 0 Å². The smallest absolute Gasteiger partial charge is 0.271 e. The number of carbonyl (C=O) groups excluding carboxylic acids is 1. The summed E-state index contributed by atoms with van der Waals surface area (Å²) in [5.74, 6) is 1.31. The van der Waals surface area contributed by atoms with E-state index in [0.717, 1.165) is 0 Å². The van der Waals surface area contributed by atoms with E-state index in [2.05, 4.69) is 10.5 Å². The Morgan fingerprint density at radius 2 is 1.96 bits per heavy atom. The molecule has 0 aliphatic heterocycles. The average molecular weight is 367 g/mol. The molecule has 1 amide bonds. The van der Waals surface area contributed by atoms with Crippen molar-refractivity contribution in [1.82, 2.24) is 5.43 Å². The summed E-state index contributed by atoms with van der Waals surface area (Å²) in [6.45, 7) is 3.81. The molecule has 27 heavy (non-hydrogen) atoms. The van der Waals surface area contributed by atoms with Gasteiger partial charge in [0.1, 0.15) is 11.8 Å². The molecule has 0 spiro atoms. The fraction of sp³-hybridized carbons (Fsp3) is 0.250. The first-order valence-electron chi connectivity index (χ1n) is 8.31. The summed E-state index contributed by atoms with van der Waals surface area (Å²) < 4.78 is 16.0. The van der Waals surface area contributed by atoms with Crippen molar-refractivity contribution in [1.29, 1.82) is 5.26 Å². The van der Waals surface area contributed by atoms with Crippen molar-refractivity contribution in [2.24, 2.45) is 5.10 Å². The largest absolute Gasteiger partial charge is 0.493 e. The summed E-state index contributed by atoms with van der Waals surface area (Å²) in [7, 11) is 1.50. The lowest BCUT2D eigenvalue weighted by atomic mass is 10.2. The van der Waals surface area contributed by atoms with E-state index in [9.17, 15) is 4.79 Å². The van der Waals surface area contributed by atoms with E-state index in [-0.39, 0.29) is 18.6 Å². The number of nitrogens with zero attached hydrogens (tertiary/aromatic N) is 2. The van der Waals surface area contributed by atoms with Gasteiger partial charge in [0.15, 0.2) is 18.1 Å². The van der Waals surface area contributed by atoms with Gasteiger partial charge in [-0.2, -0.15) is 10.4 Å². The van der Waals surface area contributed by atoms with E-state index in [4.69, 9.17) is 19.5 Å². The quantitative estimate of drug-likeness (QED) is 0.571. The Kier molecular flexibility index (Phi) is 7.20. The number of carbonyl (C=O) groups is 1. The molecule has 2 rings (SSSR count). The van der Waals surface area contributed by atoms with Crippen LogP contribution in [0.4, 0.5) is 0 Å². The molecule has 0 saturated heterocycles. The molecule has 2 aromatic carbocycles. The molecule has 0 aliphatic carbocycles. The van der Waals surface area contributed by atoms with E-state index in [1.54, 1.807) is 42.5 Å². The Balaban J connectivity index is 1.98. The first-order chi connectivity index (χ1) is 13.0. The highest BCUT2D eigenvalue weighted by Gasteiger charge is 2.06. The summed E-state index contributed by atoms with van der Waals surface area (Å²) in [5, 5.41) is 12.5. The van der Waals surface area contributed by atoms with Gasteiger partial charge in [-0.05, 0) is 61.9 Å². The summed E-state index contributed by atoms with van der Waals surface area (Å²) in [6.07, 6.45) is 1.56. The minimum absolute atomic E-state index is 0.0686. The molecule has 0 saturated carbocycles. The number of benzene rings is 2. The third-order valence-corrected chi connectivity index (χ3v) is 3.35. The van der Waals surface area contributed by atoms with Gasteiger partial charge in [0.25, 0.3) is 5.91 Å². The zero-order valence-electron chi connectivity index (χ0n) is 15.4. The van der Waals surface area contributed by atoms with Crippen LogP contribution >= 0.6 is 0 Å². The fourth-order valence-corrected chi connectivity index (χ4v) is 2.18. The summed E-state index contributed by atoms with van der Waals surface area (Å²) in [4.78, 5) is 12.1. The van der Waals surface area contributed by atoms with Crippen LogP contribution in [0.1, 0.15) is 29.8 Å². The highest BCUT2D eigenvalue weighted by Crippen LogP contribution is 2.27. The highest BCUT2D eigenvalue weighted by molar-refractivity contribution is 5.95. The highest BCUT2D eigenvalue weighted by atomic mass is 16.5. The van der Waals surface area contributed by atoms with Crippen molar-refractivity contribution >= 4 is 12.1 Å². The molecule has 7 heteroatoms. The Morgan fingerprint density at radius 3 is 2.59 bits per heavy atom. The van der Waals surface area contributed by atoms with Crippen molar-refractivity contribution in [2.45, 2.75) is 20.0 Å². The monoisotopic (exact) mass is 367 g/mol. The number of hydrazone groups is 1. The summed E-state index contributed by atoms with van der Waals surface area (Å²) in [6, 6.07) is 13.8. The Labute approximate surface area is 158 Å². The second-order valence-corrected chi connectivity index (χ2v) is 5.75. The molecular formula is C20H21N3O4. The first kappa shape index (κ1) is 19.8. The van der Waals surface area contributed by atoms with Gasteiger partial charge in [-0.1, -0.05) is 0 Å². The number of amides is 1. The molecule has 2 aromatic rings. The molecule has 140 valence electrons. The number of hydrogen-bond donors (Lipinski definition) is 1. The first-order valence-corrected chi connectivity index (χ1v) is 8.31. The van der Waals surface area contributed by atoms with E-state index < -0.39 is 0 Å². The van der Waals surface area contributed by atoms with Crippen LogP contribution in [0.5, 0.6) is 17.2 Å². The Bertz CT molecular complexity index is 839. The van der Waals surface area contributed by atoms with Crippen molar-refractivity contribution in [3.8, 4) is 23.3 Å². The predicted molar refractivity (Wildman–Crippen MR) is 101 cm³/mol. The molecule has 0 atom stereocenters. The lowest BCUT2D eigenvalue weighted by Gasteiger charge is -2.09. The van der Waals surface area contributed by atoms with Gasteiger partial charge in [-0.15, -0.1) is 0 Å². The summed E-state index contributed by atoms with van der Waals surface area (Å²) >= 11 is 0. The minimum atomic E-state index is -0.330. The van der Waals surface area contributed by atoms with Crippen LogP contribution in [-0.4, -0.2) is 31.9 Å². The van der Waals surface area contributed by atoms with Crippen molar-refractivity contribution in [3.05, 3.63) is 53.6 Å². The zero-order chi connectivity index (χ0) is 19.6.